The van der Waals surface area contributed by atoms with E-state index in [4.69, 9.17) is 21.1 Å². The molecule has 100 valence electrons. The molecule has 0 aliphatic heterocycles. The van der Waals surface area contributed by atoms with Crippen molar-refractivity contribution in [3.63, 3.8) is 0 Å². The van der Waals surface area contributed by atoms with Gasteiger partial charge in [0.2, 0.25) is 0 Å². The molecule has 1 atom stereocenters. The quantitative estimate of drug-likeness (QED) is 0.386. The van der Waals surface area contributed by atoms with Gasteiger partial charge in [-0.05, 0) is 24.1 Å². The third-order valence-electron chi connectivity index (χ3n) is 2.76. The van der Waals surface area contributed by atoms with E-state index in [9.17, 15) is 4.79 Å². The van der Waals surface area contributed by atoms with Gasteiger partial charge >= 0.3 is 0 Å². The van der Waals surface area contributed by atoms with Gasteiger partial charge in [0, 0.05) is 12.5 Å². The smallest absolute Gasteiger partial charge is 0.251 e. The number of benzene rings is 1. The highest BCUT2D eigenvalue weighted by atomic mass is 16.5. The summed E-state index contributed by atoms with van der Waals surface area (Å²) in [4.78, 5) is 11.3. The SMILES string of the molecule is COc1cc(C)c(CC(N)C(=O)NN)c(OC)c1. The molecule has 0 saturated heterocycles. The minimum Gasteiger partial charge on any atom is -0.497 e. The zero-order valence-corrected chi connectivity index (χ0v) is 10.8. The van der Waals surface area contributed by atoms with Crippen molar-refractivity contribution in [1.82, 2.24) is 5.43 Å². The molecule has 1 rings (SSSR count). The first-order valence-electron chi connectivity index (χ1n) is 5.51. The van der Waals surface area contributed by atoms with E-state index in [2.05, 4.69) is 0 Å². The Kier molecular flexibility index (Phi) is 4.94. The van der Waals surface area contributed by atoms with Crippen LogP contribution in [0.2, 0.25) is 0 Å². The third kappa shape index (κ3) is 3.12. The number of rotatable bonds is 5. The molecule has 18 heavy (non-hydrogen) atoms. The van der Waals surface area contributed by atoms with Crippen LogP contribution in [0.4, 0.5) is 0 Å². The van der Waals surface area contributed by atoms with Crippen molar-refractivity contribution in [2.24, 2.45) is 11.6 Å². The number of methoxy groups -OCH3 is 2. The van der Waals surface area contributed by atoms with Crippen molar-refractivity contribution in [3.05, 3.63) is 23.3 Å². The second-order valence-electron chi connectivity index (χ2n) is 3.94. The molecular weight excluding hydrogens is 234 g/mol. The summed E-state index contributed by atoms with van der Waals surface area (Å²) in [5.41, 5.74) is 9.60. The zero-order chi connectivity index (χ0) is 13.7. The Balaban J connectivity index is 3.04. The van der Waals surface area contributed by atoms with Gasteiger partial charge in [0.15, 0.2) is 0 Å². The van der Waals surface area contributed by atoms with Crippen LogP contribution in [-0.2, 0) is 11.2 Å². The maximum atomic E-state index is 11.3. The summed E-state index contributed by atoms with van der Waals surface area (Å²) >= 11 is 0. The predicted molar refractivity (Wildman–Crippen MR) is 68.3 cm³/mol. The molecule has 0 aliphatic carbocycles. The minimum atomic E-state index is -0.712. The fourth-order valence-corrected chi connectivity index (χ4v) is 1.73. The second-order valence-corrected chi connectivity index (χ2v) is 3.94. The summed E-state index contributed by atoms with van der Waals surface area (Å²) in [6, 6.07) is 2.91. The standard InChI is InChI=1S/C12H19N3O3/c1-7-4-8(17-2)5-11(18-3)9(7)6-10(13)12(16)15-14/h4-5,10H,6,13-14H2,1-3H3,(H,15,16). The van der Waals surface area contributed by atoms with Crippen LogP contribution in [0.3, 0.4) is 0 Å². The Labute approximate surface area is 106 Å². The third-order valence-corrected chi connectivity index (χ3v) is 2.76. The summed E-state index contributed by atoms with van der Waals surface area (Å²) in [5.74, 6) is 5.98. The summed E-state index contributed by atoms with van der Waals surface area (Å²) in [7, 11) is 3.15. The molecule has 0 radical (unpaired) electrons. The molecule has 1 unspecified atom stereocenters. The Bertz CT molecular complexity index is 435. The molecule has 0 saturated carbocycles. The van der Waals surface area contributed by atoms with Crippen LogP contribution in [0, 0.1) is 6.92 Å². The average molecular weight is 253 g/mol. The Hall–Kier alpha value is -1.79. The van der Waals surface area contributed by atoms with E-state index in [0.29, 0.717) is 17.9 Å². The van der Waals surface area contributed by atoms with Crippen LogP contribution in [0.5, 0.6) is 11.5 Å². The van der Waals surface area contributed by atoms with Gasteiger partial charge in [0.1, 0.15) is 11.5 Å². The Morgan fingerprint density at radius 3 is 2.56 bits per heavy atom. The second kappa shape index (κ2) is 6.23. The Morgan fingerprint density at radius 1 is 1.39 bits per heavy atom. The van der Waals surface area contributed by atoms with Gasteiger partial charge < -0.3 is 15.2 Å². The first kappa shape index (κ1) is 14.3. The van der Waals surface area contributed by atoms with E-state index in [1.807, 2.05) is 18.4 Å². The molecule has 6 heteroatoms. The van der Waals surface area contributed by atoms with Crippen molar-refractivity contribution < 1.29 is 14.3 Å². The highest BCUT2D eigenvalue weighted by Gasteiger charge is 2.17. The molecule has 0 aliphatic rings. The predicted octanol–water partition coefficient (Wildman–Crippen LogP) is -0.128. The first-order chi connectivity index (χ1) is 8.53. The molecule has 0 spiro atoms. The van der Waals surface area contributed by atoms with Crippen LogP contribution >= 0.6 is 0 Å². The summed E-state index contributed by atoms with van der Waals surface area (Å²) in [6.07, 6.45) is 0.349. The number of hydrogen-bond acceptors (Lipinski definition) is 5. The Morgan fingerprint density at radius 2 is 2.06 bits per heavy atom. The number of hydrogen-bond donors (Lipinski definition) is 3. The lowest BCUT2D eigenvalue weighted by Gasteiger charge is -2.16. The number of carbonyl (C=O) groups is 1. The average Bonchev–Trinajstić information content (AvgIpc) is 2.39. The normalized spacial score (nSPS) is 11.8. The fraction of sp³-hybridized carbons (Fsp3) is 0.417. The van der Waals surface area contributed by atoms with Crippen LogP contribution in [0.1, 0.15) is 11.1 Å². The molecule has 6 nitrogen and oxygen atoms in total. The minimum absolute atomic E-state index is 0.349. The van der Waals surface area contributed by atoms with Gasteiger partial charge in [-0.2, -0.15) is 0 Å². The number of hydrazine groups is 1. The van der Waals surface area contributed by atoms with E-state index in [1.54, 1.807) is 20.3 Å². The van der Waals surface area contributed by atoms with Crippen LogP contribution in [0.25, 0.3) is 0 Å². The zero-order valence-electron chi connectivity index (χ0n) is 10.8. The highest BCUT2D eigenvalue weighted by molar-refractivity contribution is 5.81. The van der Waals surface area contributed by atoms with Gasteiger partial charge in [-0.15, -0.1) is 0 Å². The topological polar surface area (TPSA) is 99.6 Å². The molecule has 5 N–H and O–H groups in total. The molecule has 0 bridgehead atoms. The molecule has 1 amide bonds. The van der Waals surface area contributed by atoms with E-state index < -0.39 is 11.9 Å². The largest absolute Gasteiger partial charge is 0.497 e. The van der Waals surface area contributed by atoms with E-state index in [-0.39, 0.29) is 0 Å². The van der Waals surface area contributed by atoms with Crippen molar-refractivity contribution in [2.75, 3.05) is 14.2 Å². The van der Waals surface area contributed by atoms with Gasteiger partial charge in [-0.25, -0.2) is 5.84 Å². The summed E-state index contributed by atoms with van der Waals surface area (Å²) in [5, 5.41) is 0. The maximum Gasteiger partial charge on any atom is 0.251 e. The molecule has 0 heterocycles. The lowest BCUT2D eigenvalue weighted by Crippen LogP contribution is -2.45. The number of amides is 1. The van der Waals surface area contributed by atoms with Gasteiger partial charge in [-0.3, -0.25) is 10.2 Å². The number of nitrogens with two attached hydrogens (primary N) is 2. The summed E-state index contributed by atoms with van der Waals surface area (Å²) < 4.78 is 10.4. The molecule has 0 aromatic heterocycles. The van der Waals surface area contributed by atoms with Gasteiger partial charge in [-0.1, -0.05) is 0 Å². The van der Waals surface area contributed by atoms with Crippen molar-refractivity contribution in [1.29, 1.82) is 0 Å². The fourth-order valence-electron chi connectivity index (χ4n) is 1.73. The number of ether oxygens (including phenoxy) is 2. The van der Waals surface area contributed by atoms with Gasteiger partial charge in [0.25, 0.3) is 5.91 Å². The lowest BCUT2D eigenvalue weighted by molar-refractivity contribution is -0.122. The van der Waals surface area contributed by atoms with Crippen LogP contribution < -0.4 is 26.5 Å². The highest BCUT2D eigenvalue weighted by Crippen LogP contribution is 2.29. The monoisotopic (exact) mass is 253 g/mol. The summed E-state index contributed by atoms with van der Waals surface area (Å²) in [6.45, 7) is 1.91. The van der Waals surface area contributed by atoms with E-state index >= 15 is 0 Å². The molecule has 0 fully saturated rings. The first-order valence-corrected chi connectivity index (χ1v) is 5.51. The number of carbonyl (C=O) groups excluding carboxylic acids is 1. The van der Waals surface area contributed by atoms with Crippen molar-refractivity contribution in [3.8, 4) is 11.5 Å². The van der Waals surface area contributed by atoms with Gasteiger partial charge in [0.05, 0.1) is 20.3 Å². The van der Waals surface area contributed by atoms with E-state index in [0.717, 1.165) is 11.1 Å². The number of aryl methyl sites for hydroxylation is 1. The lowest BCUT2D eigenvalue weighted by atomic mass is 9.99. The van der Waals surface area contributed by atoms with Crippen LogP contribution in [-0.4, -0.2) is 26.2 Å². The van der Waals surface area contributed by atoms with Crippen LogP contribution in [0.15, 0.2) is 12.1 Å². The van der Waals surface area contributed by atoms with E-state index in [1.165, 1.54) is 0 Å². The number of nitrogens with one attached hydrogen (secondary N) is 1. The molecular formula is C12H19N3O3. The molecule has 1 aromatic rings. The maximum absolute atomic E-state index is 11.3. The van der Waals surface area contributed by atoms with Crippen molar-refractivity contribution >= 4 is 5.91 Å². The van der Waals surface area contributed by atoms with Crippen molar-refractivity contribution in [2.45, 2.75) is 19.4 Å². The molecule has 1 aromatic carbocycles.